The predicted octanol–water partition coefficient (Wildman–Crippen LogP) is 2.38. The van der Waals surface area contributed by atoms with E-state index in [1.54, 1.807) is 0 Å². The molecule has 1 rings (SSSR count). The summed E-state index contributed by atoms with van der Waals surface area (Å²) in [5.41, 5.74) is 6.42. The minimum Gasteiger partial charge on any atom is -0.325 e. The van der Waals surface area contributed by atoms with Crippen molar-refractivity contribution in [2.45, 2.75) is 64.5 Å². The Morgan fingerprint density at radius 1 is 1.36 bits per heavy atom. The summed E-state index contributed by atoms with van der Waals surface area (Å²) in [4.78, 5) is 2.55. The molecule has 2 nitrogen and oxygen atoms in total. The first-order chi connectivity index (χ1) is 6.61. The van der Waals surface area contributed by atoms with E-state index in [2.05, 4.69) is 25.7 Å². The Balaban J connectivity index is 2.26. The van der Waals surface area contributed by atoms with Gasteiger partial charge < -0.3 is 10.6 Å². The summed E-state index contributed by atoms with van der Waals surface area (Å²) in [5, 5.41) is 0. The molecule has 0 aromatic heterocycles. The van der Waals surface area contributed by atoms with Crippen molar-refractivity contribution in [2.24, 2.45) is 5.73 Å². The summed E-state index contributed by atoms with van der Waals surface area (Å²) in [5.74, 6) is 0. The van der Waals surface area contributed by atoms with Gasteiger partial charge >= 0.3 is 0 Å². The summed E-state index contributed by atoms with van der Waals surface area (Å²) in [6.07, 6.45) is 6.25. The first-order valence-corrected chi connectivity index (χ1v) is 6.14. The molecule has 0 amide bonds. The van der Waals surface area contributed by atoms with Gasteiger partial charge in [-0.1, -0.05) is 13.8 Å². The fourth-order valence-electron chi connectivity index (χ4n) is 2.20. The Bertz CT molecular complexity index is 164. The first kappa shape index (κ1) is 12.0. The van der Waals surface area contributed by atoms with Crippen LogP contribution in [0, 0.1) is 0 Å². The summed E-state index contributed by atoms with van der Waals surface area (Å²) < 4.78 is 0. The van der Waals surface area contributed by atoms with Crippen molar-refractivity contribution in [3.8, 4) is 0 Å². The highest BCUT2D eigenvalue weighted by molar-refractivity contribution is 4.93. The average molecular weight is 198 g/mol. The number of hydrogen-bond donors (Lipinski definition) is 1. The molecule has 1 unspecified atom stereocenters. The smallest absolute Gasteiger partial charge is 0.0166 e. The molecule has 2 N–H and O–H groups in total. The molecule has 1 atom stereocenters. The number of nitrogens with two attached hydrogens (primary N) is 1. The lowest BCUT2D eigenvalue weighted by Crippen LogP contribution is -2.49. The van der Waals surface area contributed by atoms with Crippen LogP contribution in [0.25, 0.3) is 0 Å². The van der Waals surface area contributed by atoms with Gasteiger partial charge in [0.1, 0.15) is 0 Å². The molecule has 1 aliphatic rings. The molecule has 0 spiro atoms. The van der Waals surface area contributed by atoms with Gasteiger partial charge in [0.25, 0.3) is 0 Å². The van der Waals surface area contributed by atoms with Gasteiger partial charge in [0.05, 0.1) is 0 Å². The van der Waals surface area contributed by atoms with Gasteiger partial charge in [0.15, 0.2) is 0 Å². The second-order valence-electron chi connectivity index (χ2n) is 4.85. The normalized spacial score (nSPS) is 22.1. The standard InChI is InChI=1S/C12H26N2/c1-4-11(3)14(5-2)10-9-12(13)7-6-8-12/h11H,4-10,13H2,1-3H3. The fourth-order valence-corrected chi connectivity index (χ4v) is 2.20. The van der Waals surface area contributed by atoms with Gasteiger partial charge in [-0.2, -0.15) is 0 Å². The molecule has 2 heteroatoms. The van der Waals surface area contributed by atoms with E-state index in [9.17, 15) is 0 Å². The third-order valence-electron chi connectivity index (χ3n) is 3.87. The minimum absolute atomic E-state index is 0.195. The summed E-state index contributed by atoms with van der Waals surface area (Å²) >= 11 is 0. The monoisotopic (exact) mass is 198 g/mol. The molecule has 0 saturated heterocycles. The second-order valence-corrected chi connectivity index (χ2v) is 4.85. The molecule has 0 bridgehead atoms. The van der Waals surface area contributed by atoms with Crippen molar-refractivity contribution < 1.29 is 0 Å². The zero-order valence-electron chi connectivity index (χ0n) is 10.1. The van der Waals surface area contributed by atoms with Crippen LogP contribution < -0.4 is 5.73 Å². The third kappa shape index (κ3) is 2.96. The van der Waals surface area contributed by atoms with E-state index in [1.807, 2.05) is 0 Å². The summed E-state index contributed by atoms with van der Waals surface area (Å²) in [6, 6.07) is 0.712. The van der Waals surface area contributed by atoms with Crippen LogP contribution in [-0.2, 0) is 0 Å². The molecule has 0 aromatic carbocycles. The lowest BCUT2D eigenvalue weighted by molar-refractivity contribution is 0.156. The molecule has 1 aliphatic carbocycles. The van der Waals surface area contributed by atoms with Gasteiger partial charge in [-0.15, -0.1) is 0 Å². The highest BCUT2D eigenvalue weighted by Gasteiger charge is 2.32. The third-order valence-corrected chi connectivity index (χ3v) is 3.87. The topological polar surface area (TPSA) is 29.3 Å². The maximum absolute atomic E-state index is 6.22. The zero-order valence-corrected chi connectivity index (χ0v) is 10.1. The number of nitrogens with zero attached hydrogens (tertiary/aromatic N) is 1. The Morgan fingerprint density at radius 3 is 2.36 bits per heavy atom. The van der Waals surface area contributed by atoms with E-state index >= 15 is 0 Å². The first-order valence-electron chi connectivity index (χ1n) is 6.14. The van der Waals surface area contributed by atoms with Crippen molar-refractivity contribution in [1.82, 2.24) is 4.90 Å². The molecular formula is C12H26N2. The Morgan fingerprint density at radius 2 is 2.00 bits per heavy atom. The van der Waals surface area contributed by atoms with E-state index in [0.717, 1.165) is 6.54 Å². The SMILES string of the molecule is CCC(C)N(CC)CCC1(N)CCC1. The molecule has 0 aromatic rings. The molecule has 84 valence electrons. The van der Waals surface area contributed by atoms with E-state index < -0.39 is 0 Å². The van der Waals surface area contributed by atoms with E-state index in [1.165, 1.54) is 38.6 Å². The molecule has 0 heterocycles. The van der Waals surface area contributed by atoms with Crippen molar-refractivity contribution >= 4 is 0 Å². The highest BCUT2D eigenvalue weighted by atomic mass is 15.1. The quantitative estimate of drug-likeness (QED) is 0.710. The summed E-state index contributed by atoms with van der Waals surface area (Å²) in [6.45, 7) is 9.16. The van der Waals surface area contributed by atoms with Gasteiger partial charge in [-0.3, -0.25) is 0 Å². The van der Waals surface area contributed by atoms with Crippen LogP contribution in [0.15, 0.2) is 0 Å². The lowest BCUT2D eigenvalue weighted by Gasteiger charge is -2.40. The van der Waals surface area contributed by atoms with Crippen LogP contribution in [0.3, 0.4) is 0 Å². The van der Waals surface area contributed by atoms with Crippen molar-refractivity contribution in [2.75, 3.05) is 13.1 Å². The predicted molar refractivity (Wildman–Crippen MR) is 62.4 cm³/mol. The number of rotatable bonds is 6. The van der Waals surface area contributed by atoms with Crippen LogP contribution in [-0.4, -0.2) is 29.6 Å². The van der Waals surface area contributed by atoms with E-state index in [-0.39, 0.29) is 5.54 Å². The lowest BCUT2D eigenvalue weighted by atomic mass is 9.75. The van der Waals surface area contributed by atoms with Crippen molar-refractivity contribution in [3.63, 3.8) is 0 Å². The highest BCUT2D eigenvalue weighted by Crippen LogP contribution is 2.32. The van der Waals surface area contributed by atoms with Crippen molar-refractivity contribution in [3.05, 3.63) is 0 Å². The average Bonchev–Trinajstić information content (AvgIpc) is 2.15. The maximum Gasteiger partial charge on any atom is 0.0166 e. The van der Waals surface area contributed by atoms with Crippen LogP contribution in [0.2, 0.25) is 0 Å². The largest absolute Gasteiger partial charge is 0.325 e. The van der Waals surface area contributed by atoms with Gasteiger partial charge in [0, 0.05) is 18.1 Å². The number of hydrogen-bond acceptors (Lipinski definition) is 2. The molecular weight excluding hydrogens is 172 g/mol. The van der Waals surface area contributed by atoms with Crippen LogP contribution in [0.5, 0.6) is 0 Å². The van der Waals surface area contributed by atoms with E-state index in [0.29, 0.717) is 6.04 Å². The Kier molecular flexibility index (Phi) is 4.39. The van der Waals surface area contributed by atoms with Gasteiger partial charge in [-0.25, -0.2) is 0 Å². The van der Waals surface area contributed by atoms with Crippen molar-refractivity contribution in [1.29, 1.82) is 0 Å². The van der Waals surface area contributed by atoms with Crippen LogP contribution in [0.1, 0.15) is 52.9 Å². The van der Waals surface area contributed by atoms with Crippen LogP contribution in [0.4, 0.5) is 0 Å². The maximum atomic E-state index is 6.22. The molecule has 0 aliphatic heterocycles. The minimum atomic E-state index is 0.195. The Labute approximate surface area is 88.8 Å². The molecule has 14 heavy (non-hydrogen) atoms. The molecule has 1 saturated carbocycles. The molecule has 1 fully saturated rings. The fraction of sp³-hybridized carbons (Fsp3) is 1.00. The van der Waals surface area contributed by atoms with Gasteiger partial charge in [-0.05, 0) is 45.6 Å². The summed E-state index contributed by atoms with van der Waals surface area (Å²) in [7, 11) is 0. The van der Waals surface area contributed by atoms with E-state index in [4.69, 9.17) is 5.73 Å². The Hall–Kier alpha value is -0.0800. The van der Waals surface area contributed by atoms with Crippen LogP contribution >= 0.6 is 0 Å². The second kappa shape index (κ2) is 5.13. The molecule has 0 radical (unpaired) electrons. The zero-order chi connectivity index (χ0) is 10.6. The van der Waals surface area contributed by atoms with Gasteiger partial charge in [0.2, 0.25) is 0 Å².